The van der Waals surface area contributed by atoms with Crippen molar-refractivity contribution in [1.82, 2.24) is 0 Å². The summed E-state index contributed by atoms with van der Waals surface area (Å²) in [7, 11) is 0. The molecule has 0 bridgehead atoms. The van der Waals surface area contributed by atoms with Crippen LogP contribution in [0.15, 0.2) is 59.3 Å². The van der Waals surface area contributed by atoms with Crippen LogP contribution in [0.2, 0.25) is 0 Å². The Kier molecular flexibility index (Phi) is 11.6. The predicted molar refractivity (Wildman–Crippen MR) is 216 cm³/mol. The number of aliphatic hydroxyl groups excluding tert-OH is 4. The molecule has 8 nitrogen and oxygen atoms in total. The highest BCUT2D eigenvalue weighted by Crippen LogP contribution is 2.67. The van der Waals surface area contributed by atoms with Crippen LogP contribution in [-0.2, 0) is 14.4 Å². The number of ketones is 3. The SMILES string of the molecule is C=C1/C(=C\C=C2/CCC[C@]3(C)[C@@H]([C@H](C)/C=C/[C@@H](O)C4CC4)CC[C@@H]23)C[C@@H](O)C[C@@H]1O.C[C@]12CCC(=O)C=C1CC[C@@H]1[C@@H]2C(=O)C[C@@]2(C)[C@H]1CC[C@]2(O)C(=O)CO. The normalized spacial score (nSPS) is 44.7. The van der Waals surface area contributed by atoms with Crippen LogP contribution in [-0.4, -0.2) is 73.4 Å². The maximum Gasteiger partial charge on any atom is 0.190 e. The lowest BCUT2D eigenvalue weighted by Crippen LogP contribution is -2.60. The highest BCUT2D eigenvalue weighted by molar-refractivity contribution is 5.94. The van der Waals surface area contributed by atoms with Gasteiger partial charge in [-0.2, -0.15) is 0 Å². The first kappa shape index (κ1) is 41.7. The fraction of sp³-hybridized carbons (Fsp3) is 0.729. The maximum absolute atomic E-state index is 13.3. The van der Waals surface area contributed by atoms with E-state index in [0.29, 0.717) is 67.6 Å². The highest BCUT2D eigenvalue weighted by atomic mass is 16.3. The van der Waals surface area contributed by atoms with E-state index >= 15 is 0 Å². The van der Waals surface area contributed by atoms with E-state index in [1.807, 2.05) is 6.92 Å². The largest absolute Gasteiger partial charge is 0.393 e. The third kappa shape index (κ3) is 7.16. The molecule has 0 radical (unpaired) electrons. The minimum atomic E-state index is -1.60. The number of carbonyl (C=O) groups is 3. The molecule has 5 N–H and O–H groups in total. The molecule has 0 heterocycles. The molecule has 7 saturated carbocycles. The van der Waals surface area contributed by atoms with Crippen LogP contribution in [0.4, 0.5) is 0 Å². The molecule has 8 heteroatoms. The molecule has 0 aromatic carbocycles. The van der Waals surface area contributed by atoms with Gasteiger partial charge in [0.15, 0.2) is 11.6 Å². The molecule has 56 heavy (non-hydrogen) atoms. The lowest BCUT2D eigenvalue weighted by Gasteiger charge is -2.57. The highest BCUT2D eigenvalue weighted by Gasteiger charge is 2.68. The third-order valence-corrected chi connectivity index (χ3v) is 17.1. The van der Waals surface area contributed by atoms with Gasteiger partial charge in [0.05, 0.1) is 18.3 Å². The van der Waals surface area contributed by atoms with Crippen molar-refractivity contribution in [2.75, 3.05) is 6.61 Å². The summed E-state index contributed by atoms with van der Waals surface area (Å²) in [6, 6.07) is 0. The number of allylic oxidation sites excluding steroid dienone is 5. The van der Waals surface area contributed by atoms with Crippen LogP contribution >= 0.6 is 0 Å². The zero-order valence-corrected chi connectivity index (χ0v) is 34.3. The number of hydrogen-bond acceptors (Lipinski definition) is 8. The third-order valence-electron chi connectivity index (χ3n) is 17.1. The summed E-state index contributed by atoms with van der Waals surface area (Å²) in [4.78, 5) is 37.5. The number of hydrogen-bond donors (Lipinski definition) is 5. The van der Waals surface area contributed by atoms with E-state index in [9.17, 15) is 39.9 Å². The van der Waals surface area contributed by atoms with Crippen LogP contribution in [0.5, 0.6) is 0 Å². The Morgan fingerprint density at radius 2 is 1.71 bits per heavy atom. The summed E-state index contributed by atoms with van der Waals surface area (Å²) < 4.78 is 0. The Bertz CT molecular complexity index is 1720. The molecule has 0 aromatic heterocycles. The Labute approximate surface area is 334 Å². The van der Waals surface area contributed by atoms with Gasteiger partial charge in [-0.3, -0.25) is 14.4 Å². The average molecular weight is 773 g/mol. The number of aliphatic hydroxyl groups is 5. The van der Waals surface area contributed by atoms with Crippen LogP contribution < -0.4 is 0 Å². The Hall–Kier alpha value is -2.49. The maximum atomic E-state index is 13.3. The molecule has 8 rings (SSSR count). The minimum Gasteiger partial charge on any atom is -0.393 e. The molecule has 13 atom stereocenters. The van der Waals surface area contributed by atoms with Crippen molar-refractivity contribution in [2.45, 2.75) is 154 Å². The van der Waals surface area contributed by atoms with Crippen molar-refractivity contribution in [3.63, 3.8) is 0 Å². The van der Waals surface area contributed by atoms with Crippen LogP contribution in [0, 0.1) is 57.7 Å². The van der Waals surface area contributed by atoms with E-state index < -0.39 is 35.6 Å². The van der Waals surface area contributed by atoms with Crippen LogP contribution in [0.1, 0.15) is 130 Å². The molecule has 0 amide bonds. The predicted octanol–water partition coefficient (Wildman–Crippen LogP) is 7.08. The Morgan fingerprint density at radius 1 is 0.964 bits per heavy atom. The molecule has 0 saturated heterocycles. The molecule has 0 aromatic rings. The van der Waals surface area contributed by atoms with Gasteiger partial charge in [-0.05, 0) is 147 Å². The van der Waals surface area contributed by atoms with Gasteiger partial charge in [-0.15, -0.1) is 0 Å². The van der Waals surface area contributed by atoms with Crippen LogP contribution in [0.3, 0.4) is 0 Å². The van der Waals surface area contributed by atoms with Gasteiger partial charge in [0.25, 0.3) is 0 Å². The molecular weight excluding hydrogens is 705 g/mol. The Morgan fingerprint density at radius 3 is 2.43 bits per heavy atom. The summed E-state index contributed by atoms with van der Waals surface area (Å²) in [6.07, 6.45) is 22.7. The first-order valence-electron chi connectivity index (χ1n) is 21.9. The van der Waals surface area contributed by atoms with Crippen molar-refractivity contribution in [3.05, 3.63) is 59.3 Å². The van der Waals surface area contributed by atoms with E-state index in [-0.39, 0.29) is 47.3 Å². The van der Waals surface area contributed by atoms with Gasteiger partial charge in [0.2, 0.25) is 0 Å². The minimum absolute atomic E-state index is 0.0988. The zero-order chi connectivity index (χ0) is 40.4. The molecule has 0 unspecified atom stereocenters. The second-order valence-electron chi connectivity index (χ2n) is 20.1. The zero-order valence-electron chi connectivity index (χ0n) is 34.3. The summed E-state index contributed by atoms with van der Waals surface area (Å²) >= 11 is 0. The summed E-state index contributed by atoms with van der Waals surface area (Å²) in [6.45, 7) is 12.2. The number of fused-ring (bicyclic) bond motifs is 6. The monoisotopic (exact) mass is 772 g/mol. The van der Waals surface area contributed by atoms with E-state index in [1.165, 1.54) is 44.1 Å². The molecule has 308 valence electrons. The Balaban J connectivity index is 0.000000173. The van der Waals surface area contributed by atoms with Gasteiger partial charge in [-0.25, -0.2) is 0 Å². The fourth-order valence-corrected chi connectivity index (χ4v) is 13.6. The molecule has 7 fully saturated rings. The molecular formula is C48H68O8. The fourth-order valence-electron chi connectivity index (χ4n) is 13.6. The van der Waals surface area contributed by atoms with Crippen LogP contribution in [0.25, 0.3) is 0 Å². The van der Waals surface area contributed by atoms with Crippen molar-refractivity contribution in [2.24, 2.45) is 57.7 Å². The lowest BCUT2D eigenvalue weighted by atomic mass is 9.46. The molecule has 0 aliphatic heterocycles. The van der Waals surface area contributed by atoms with Gasteiger partial charge in [-0.1, -0.05) is 69.7 Å². The number of Topliss-reactive ketones (excluding diaryl/α,β-unsaturated/α-hetero) is 2. The van der Waals surface area contributed by atoms with E-state index in [4.69, 9.17) is 0 Å². The smallest absolute Gasteiger partial charge is 0.190 e. The van der Waals surface area contributed by atoms with Gasteiger partial charge in [0, 0.05) is 30.6 Å². The second kappa shape index (κ2) is 15.6. The second-order valence-corrected chi connectivity index (χ2v) is 20.1. The number of carbonyl (C=O) groups excluding carboxylic acids is 3. The van der Waals surface area contributed by atoms with Gasteiger partial charge < -0.3 is 25.5 Å². The summed E-state index contributed by atoms with van der Waals surface area (Å²) in [5.74, 6) is 2.10. The van der Waals surface area contributed by atoms with Crippen molar-refractivity contribution < 1.29 is 39.9 Å². The summed E-state index contributed by atoms with van der Waals surface area (Å²) in [5.41, 5.74) is 2.08. The molecule has 8 aliphatic carbocycles. The number of rotatable bonds is 7. The standard InChI is InChI=1S/C27H40O3.C21H28O5/c1-17(6-13-25(29)20-8-9-20)23-11-12-24-19(5-4-14-27(23,24)3)7-10-21-15-22(28)16-26(30)18(21)2;1-19-7-5-13(23)9-12(19)3-4-14-15-6-8-21(26,17(25)11-22)20(15,2)10-16(24)18(14)19/h6-7,10,13,17,20,22-26,28-30H,2,4-5,8-9,11-12,14-16H2,1,3H3;9,14-15,18,22,26H,3-8,10-11H2,1-2H3/b13-6+,19-7+,21-10-;/t17-,22-,23-,24+,25-,26+,27-;14-,15-,18+,19-,20-,21-/m10/s1. The lowest BCUT2D eigenvalue weighted by molar-refractivity contribution is -0.170. The topological polar surface area (TPSA) is 152 Å². The average Bonchev–Trinajstić information content (AvgIpc) is 3.89. The van der Waals surface area contributed by atoms with Crippen molar-refractivity contribution >= 4 is 17.3 Å². The van der Waals surface area contributed by atoms with E-state index in [1.54, 1.807) is 6.08 Å². The quantitative estimate of drug-likeness (QED) is 0.172. The van der Waals surface area contributed by atoms with E-state index in [0.717, 1.165) is 36.0 Å². The van der Waals surface area contributed by atoms with Gasteiger partial charge >= 0.3 is 0 Å². The van der Waals surface area contributed by atoms with Crippen molar-refractivity contribution in [3.8, 4) is 0 Å². The summed E-state index contributed by atoms with van der Waals surface area (Å²) in [5, 5.41) is 50.9. The first-order valence-corrected chi connectivity index (χ1v) is 21.9. The van der Waals surface area contributed by atoms with Crippen molar-refractivity contribution in [1.29, 1.82) is 0 Å². The molecule has 0 spiro atoms. The van der Waals surface area contributed by atoms with Gasteiger partial charge in [0.1, 0.15) is 18.0 Å². The first-order chi connectivity index (χ1) is 26.5. The molecule has 8 aliphatic rings. The van der Waals surface area contributed by atoms with E-state index in [2.05, 4.69) is 51.7 Å².